The van der Waals surface area contributed by atoms with E-state index in [-0.39, 0.29) is 6.03 Å². The second-order valence-electron chi connectivity index (χ2n) is 4.61. The van der Waals surface area contributed by atoms with E-state index < -0.39 is 5.60 Å². The van der Waals surface area contributed by atoms with Crippen LogP contribution in [0.25, 0.3) is 0 Å². The molecule has 5 heteroatoms. The molecule has 1 saturated heterocycles. The number of urea groups is 1. The topological polar surface area (TPSA) is 52.6 Å². The first-order valence-corrected chi connectivity index (χ1v) is 5.88. The van der Waals surface area contributed by atoms with Gasteiger partial charge in [0.25, 0.3) is 0 Å². The lowest BCUT2D eigenvalue weighted by Gasteiger charge is -2.19. The van der Waals surface area contributed by atoms with Crippen LogP contribution in [0.3, 0.4) is 0 Å². The Balaban J connectivity index is 1.96. The van der Waals surface area contributed by atoms with E-state index in [9.17, 15) is 9.90 Å². The van der Waals surface area contributed by atoms with Crippen LogP contribution in [0.1, 0.15) is 13.3 Å². The monoisotopic (exact) mass is 254 g/mol. The van der Waals surface area contributed by atoms with Gasteiger partial charge in [-0.05, 0) is 37.6 Å². The van der Waals surface area contributed by atoms with Gasteiger partial charge in [0.05, 0.1) is 12.1 Å². The van der Waals surface area contributed by atoms with E-state index in [1.807, 2.05) is 0 Å². The molecule has 17 heavy (non-hydrogen) atoms. The number of rotatable bonds is 1. The number of aliphatic hydroxyl groups is 1. The van der Waals surface area contributed by atoms with E-state index in [1.165, 1.54) is 0 Å². The normalized spacial score (nSPS) is 23.8. The molecule has 0 saturated carbocycles. The fourth-order valence-electron chi connectivity index (χ4n) is 1.85. The van der Waals surface area contributed by atoms with Gasteiger partial charge >= 0.3 is 6.03 Å². The van der Waals surface area contributed by atoms with Crippen molar-refractivity contribution in [3.63, 3.8) is 0 Å². The largest absolute Gasteiger partial charge is 0.388 e. The predicted octanol–water partition coefficient (Wildman–Crippen LogP) is 2.33. The van der Waals surface area contributed by atoms with Gasteiger partial charge in [0.1, 0.15) is 0 Å². The Bertz CT molecular complexity index is 417. The summed E-state index contributed by atoms with van der Waals surface area (Å²) in [5.41, 5.74) is -0.0666. The average molecular weight is 255 g/mol. The first kappa shape index (κ1) is 12.2. The minimum atomic E-state index is -0.767. The number of nitrogens with zero attached hydrogens (tertiary/aromatic N) is 1. The highest BCUT2D eigenvalue weighted by Gasteiger charge is 2.33. The SMILES string of the molecule is CC1(O)CCN(C(=O)Nc2ccc(Cl)cc2)C1. The number of hydrogen-bond donors (Lipinski definition) is 2. The maximum Gasteiger partial charge on any atom is 0.321 e. The number of carbonyl (C=O) groups excluding carboxylic acids is 1. The van der Waals surface area contributed by atoms with Gasteiger partial charge in [-0.25, -0.2) is 4.79 Å². The van der Waals surface area contributed by atoms with E-state index in [0.29, 0.717) is 30.2 Å². The van der Waals surface area contributed by atoms with Crippen molar-refractivity contribution in [3.05, 3.63) is 29.3 Å². The van der Waals surface area contributed by atoms with Gasteiger partial charge in [0, 0.05) is 17.3 Å². The van der Waals surface area contributed by atoms with Crippen LogP contribution in [0.5, 0.6) is 0 Å². The van der Waals surface area contributed by atoms with E-state index >= 15 is 0 Å². The Morgan fingerprint density at radius 2 is 2.12 bits per heavy atom. The van der Waals surface area contributed by atoms with Crippen molar-refractivity contribution in [1.82, 2.24) is 4.90 Å². The highest BCUT2D eigenvalue weighted by atomic mass is 35.5. The first-order chi connectivity index (χ1) is 7.96. The lowest BCUT2D eigenvalue weighted by atomic mass is 10.1. The third kappa shape index (κ3) is 3.11. The van der Waals surface area contributed by atoms with Gasteiger partial charge in [0.2, 0.25) is 0 Å². The van der Waals surface area contributed by atoms with Crippen LogP contribution < -0.4 is 5.32 Å². The second kappa shape index (κ2) is 4.55. The number of nitrogens with one attached hydrogen (secondary N) is 1. The van der Waals surface area contributed by atoms with E-state index in [1.54, 1.807) is 36.1 Å². The summed E-state index contributed by atoms with van der Waals surface area (Å²) in [7, 11) is 0. The molecule has 1 atom stereocenters. The molecule has 1 unspecified atom stereocenters. The molecular weight excluding hydrogens is 240 g/mol. The van der Waals surface area contributed by atoms with Gasteiger partial charge in [-0.15, -0.1) is 0 Å². The van der Waals surface area contributed by atoms with Crippen molar-refractivity contribution < 1.29 is 9.90 Å². The molecule has 1 aromatic rings. The fraction of sp³-hybridized carbons (Fsp3) is 0.417. The summed E-state index contributed by atoms with van der Waals surface area (Å²) < 4.78 is 0. The van der Waals surface area contributed by atoms with Crippen molar-refractivity contribution in [3.8, 4) is 0 Å². The van der Waals surface area contributed by atoms with E-state index in [0.717, 1.165) is 0 Å². The Morgan fingerprint density at radius 1 is 1.47 bits per heavy atom. The molecular formula is C12H15ClN2O2. The smallest absolute Gasteiger partial charge is 0.321 e. The quantitative estimate of drug-likeness (QED) is 0.808. The number of carbonyl (C=O) groups is 1. The third-order valence-electron chi connectivity index (χ3n) is 2.83. The number of hydrogen-bond acceptors (Lipinski definition) is 2. The van der Waals surface area contributed by atoms with Gasteiger partial charge in [-0.1, -0.05) is 11.6 Å². The van der Waals surface area contributed by atoms with Crippen LogP contribution >= 0.6 is 11.6 Å². The number of anilines is 1. The number of β-amino-alcohol motifs (C(OH)–C–C–N with tert-alkyl or cyclic N) is 1. The number of halogens is 1. The molecule has 0 radical (unpaired) electrons. The summed E-state index contributed by atoms with van der Waals surface area (Å²) >= 11 is 5.76. The molecule has 2 N–H and O–H groups in total. The summed E-state index contributed by atoms with van der Waals surface area (Å²) in [4.78, 5) is 13.5. The molecule has 1 heterocycles. The van der Waals surface area contributed by atoms with Crippen LogP contribution in [0.15, 0.2) is 24.3 Å². The van der Waals surface area contributed by atoms with E-state index in [2.05, 4.69) is 5.32 Å². The van der Waals surface area contributed by atoms with Gasteiger partial charge in [-0.3, -0.25) is 0 Å². The van der Waals surface area contributed by atoms with Crippen LogP contribution in [0.4, 0.5) is 10.5 Å². The summed E-state index contributed by atoms with van der Waals surface area (Å²) in [6.45, 7) is 2.68. The highest BCUT2D eigenvalue weighted by molar-refractivity contribution is 6.30. The molecule has 1 fully saturated rings. The van der Waals surface area contributed by atoms with E-state index in [4.69, 9.17) is 11.6 Å². The van der Waals surface area contributed by atoms with Crippen molar-refractivity contribution in [2.45, 2.75) is 18.9 Å². The minimum Gasteiger partial charge on any atom is -0.388 e. The molecule has 1 aliphatic heterocycles. The Hall–Kier alpha value is -1.26. The molecule has 1 aliphatic rings. The molecule has 4 nitrogen and oxygen atoms in total. The zero-order valence-corrected chi connectivity index (χ0v) is 10.4. The van der Waals surface area contributed by atoms with Crippen LogP contribution in [-0.2, 0) is 0 Å². The molecule has 92 valence electrons. The summed E-state index contributed by atoms with van der Waals surface area (Å²) in [5, 5.41) is 13.2. The number of amides is 2. The molecule has 1 aromatic carbocycles. The standard InChI is InChI=1S/C12H15ClN2O2/c1-12(17)6-7-15(8-12)11(16)14-10-4-2-9(13)3-5-10/h2-5,17H,6-8H2,1H3,(H,14,16). The zero-order valence-electron chi connectivity index (χ0n) is 9.61. The number of likely N-dealkylation sites (tertiary alicyclic amines) is 1. The molecule has 2 amide bonds. The summed E-state index contributed by atoms with van der Waals surface area (Å²) in [5.74, 6) is 0. The van der Waals surface area contributed by atoms with Gasteiger partial charge in [-0.2, -0.15) is 0 Å². The fourth-order valence-corrected chi connectivity index (χ4v) is 1.98. The van der Waals surface area contributed by atoms with Crippen molar-refractivity contribution in [1.29, 1.82) is 0 Å². The molecule has 0 spiro atoms. The summed E-state index contributed by atoms with van der Waals surface area (Å²) in [6, 6.07) is 6.74. The third-order valence-corrected chi connectivity index (χ3v) is 3.09. The maximum absolute atomic E-state index is 11.9. The Morgan fingerprint density at radius 3 is 2.65 bits per heavy atom. The zero-order chi connectivity index (χ0) is 12.5. The van der Waals surface area contributed by atoms with Crippen molar-refractivity contribution in [2.75, 3.05) is 18.4 Å². The van der Waals surface area contributed by atoms with Gasteiger partial charge < -0.3 is 15.3 Å². The van der Waals surface area contributed by atoms with Gasteiger partial charge in [0.15, 0.2) is 0 Å². The lowest BCUT2D eigenvalue weighted by Crippen LogP contribution is -2.36. The predicted molar refractivity (Wildman–Crippen MR) is 67.3 cm³/mol. The van der Waals surface area contributed by atoms with Crippen molar-refractivity contribution in [2.24, 2.45) is 0 Å². The Kier molecular flexibility index (Phi) is 3.26. The first-order valence-electron chi connectivity index (χ1n) is 5.50. The second-order valence-corrected chi connectivity index (χ2v) is 5.04. The van der Waals surface area contributed by atoms with Crippen LogP contribution in [-0.4, -0.2) is 34.7 Å². The minimum absolute atomic E-state index is 0.190. The lowest BCUT2D eigenvalue weighted by molar-refractivity contribution is 0.0727. The summed E-state index contributed by atoms with van der Waals surface area (Å²) in [6.07, 6.45) is 0.612. The molecule has 0 aliphatic carbocycles. The maximum atomic E-state index is 11.9. The number of benzene rings is 1. The Labute approximate surface area is 105 Å². The van der Waals surface area contributed by atoms with Crippen molar-refractivity contribution >= 4 is 23.3 Å². The highest BCUT2D eigenvalue weighted by Crippen LogP contribution is 2.21. The molecule has 0 aromatic heterocycles. The molecule has 0 bridgehead atoms. The van der Waals surface area contributed by atoms with Crippen LogP contribution in [0.2, 0.25) is 5.02 Å². The van der Waals surface area contributed by atoms with Crippen LogP contribution in [0, 0.1) is 0 Å². The molecule has 2 rings (SSSR count). The average Bonchev–Trinajstić information content (AvgIpc) is 2.62.